The number of anilines is 2. The van der Waals surface area contributed by atoms with Crippen molar-refractivity contribution in [2.75, 3.05) is 50.0 Å². The molecule has 1 aliphatic heterocycles. The zero-order chi connectivity index (χ0) is 30.8. The molecule has 44 heavy (non-hydrogen) atoms. The minimum absolute atomic E-state index is 0.207. The molecule has 1 aromatic carbocycles. The molecule has 6 rings (SSSR count). The van der Waals surface area contributed by atoms with Gasteiger partial charge in [-0.1, -0.05) is 18.2 Å². The topological polar surface area (TPSA) is 115 Å². The zero-order valence-electron chi connectivity index (χ0n) is 24.9. The minimum atomic E-state index is -0.358. The minimum Gasteiger partial charge on any atom is -0.379 e. The van der Waals surface area contributed by atoms with E-state index in [0.717, 1.165) is 30.1 Å². The summed E-state index contributed by atoms with van der Waals surface area (Å²) >= 11 is 1.69. The number of nitrogens with zero attached hydrogens (tertiary/aromatic N) is 4. The number of thiophene rings is 1. The van der Waals surface area contributed by atoms with Crippen LogP contribution in [0.3, 0.4) is 0 Å². The molecule has 0 atom stereocenters. The van der Waals surface area contributed by atoms with E-state index in [9.17, 15) is 14.4 Å². The van der Waals surface area contributed by atoms with Crippen molar-refractivity contribution in [1.82, 2.24) is 23.9 Å². The molecule has 3 N–H and O–H groups in total. The first-order valence-electron chi connectivity index (χ1n) is 14.4. The molecule has 3 amide bonds. The van der Waals surface area contributed by atoms with Crippen LogP contribution >= 0.6 is 11.3 Å². The van der Waals surface area contributed by atoms with Crippen molar-refractivity contribution in [2.24, 2.45) is 21.1 Å². The maximum atomic E-state index is 13.2. The fourth-order valence-electron chi connectivity index (χ4n) is 5.40. The first-order chi connectivity index (χ1) is 21.2. The van der Waals surface area contributed by atoms with Crippen LogP contribution in [0.15, 0.2) is 67.1 Å². The average molecular weight is 614 g/mol. The van der Waals surface area contributed by atoms with Crippen LogP contribution in [0.1, 0.15) is 31.5 Å². The summed E-state index contributed by atoms with van der Waals surface area (Å²) in [5.41, 5.74) is 3.28. The summed E-state index contributed by atoms with van der Waals surface area (Å²) < 4.78 is 11.7. The van der Waals surface area contributed by atoms with Gasteiger partial charge in [0.25, 0.3) is 17.7 Å². The number of aromatic nitrogens is 3. The standard InChI is InChI=1S/C32H35N7O4S/c1-36-18-22(29-15-21-6-4-5-7-28(21)44-29)14-25(36)31(41)34-24-17-27(38(3)20-24)32(42)35-23-16-26(37(2)19-23)30(40)33-8-9-39-10-12-43-13-11-39/h4-7,14-20H,8-13H2,1-3H3,(H,33,40)(H,34,41)(H,35,42). The third kappa shape index (κ3) is 6.32. The number of fused-ring (bicyclic) bond motifs is 1. The molecule has 0 spiro atoms. The Morgan fingerprint density at radius 3 is 2.02 bits per heavy atom. The molecule has 1 fully saturated rings. The highest BCUT2D eigenvalue weighted by molar-refractivity contribution is 7.22. The molecule has 1 aliphatic rings. The van der Waals surface area contributed by atoms with Gasteiger partial charge in [-0.15, -0.1) is 11.3 Å². The first kappa shape index (κ1) is 29.4. The summed E-state index contributed by atoms with van der Waals surface area (Å²) in [6, 6.07) is 15.5. The van der Waals surface area contributed by atoms with Crippen molar-refractivity contribution in [3.05, 3.63) is 84.2 Å². The van der Waals surface area contributed by atoms with Crippen LogP contribution in [0, 0.1) is 0 Å². The number of hydrogen-bond donors (Lipinski definition) is 3. The Balaban J connectivity index is 1.07. The number of aryl methyl sites for hydroxylation is 3. The SMILES string of the molecule is Cn1cc(NC(=O)c2cc(NC(=O)c3cc(-c4cc5ccccc5s4)cn3C)cn2C)cc1C(=O)NCCN1CCOCC1. The summed E-state index contributed by atoms with van der Waals surface area (Å²) in [5, 5.41) is 9.90. The Bertz CT molecular complexity index is 1810. The van der Waals surface area contributed by atoms with Gasteiger partial charge in [0.1, 0.15) is 17.1 Å². The van der Waals surface area contributed by atoms with E-state index in [2.05, 4.69) is 39.0 Å². The van der Waals surface area contributed by atoms with Crippen LogP contribution in [0.5, 0.6) is 0 Å². The molecule has 5 heterocycles. The van der Waals surface area contributed by atoms with Gasteiger partial charge in [-0.3, -0.25) is 19.3 Å². The Hall–Kier alpha value is -4.65. The fourth-order valence-corrected chi connectivity index (χ4v) is 6.44. The molecule has 5 aromatic rings. The number of benzene rings is 1. The molecule has 0 aliphatic carbocycles. The van der Waals surface area contributed by atoms with Crippen molar-refractivity contribution < 1.29 is 19.1 Å². The molecular formula is C32H35N7O4S. The Morgan fingerprint density at radius 2 is 1.36 bits per heavy atom. The van der Waals surface area contributed by atoms with E-state index in [0.29, 0.717) is 48.2 Å². The number of hydrogen-bond acceptors (Lipinski definition) is 6. The molecule has 11 nitrogen and oxygen atoms in total. The highest BCUT2D eigenvalue weighted by atomic mass is 32.1. The van der Waals surface area contributed by atoms with Crippen LogP contribution in [0.25, 0.3) is 20.5 Å². The van der Waals surface area contributed by atoms with Gasteiger partial charge in [0.15, 0.2) is 0 Å². The number of rotatable bonds is 9. The third-order valence-corrected chi connectivity index (χ3v) is 8.92. The average Bonchev–Trinajstić information content (AvgIpc) is 3.78. The fraction of sp³-hybridized carbons (Fsp3) is 0.281. The predicted octanol–water partition coefficient (Wildman–Crippen LogP) is 4.15. The van der Waals surface area contributed by atoms with Gasteiger partial charge < -0.3 is 34.4 Å². The van der Waals surface area contributed by atoms with Gasteiger partial charge in [-0.2, -0.15) is 0 Å². The van der Waals surface area contributed by atoms with E-state index in [1.54, 1.807) is 63.7 Å². The van der Waals surface area contributed by atoms with Crippen molar-refractivity contribution >= 4 is 50.5 Å². The normalized spacial score (nSPS) is 13.7. The molecule has 12 heteroatoms. The van der Waals surface area contributed by atoms with Crippen LogP contribution in [-0.2, 0) is 25.9 Å². The van der Waals surface area contributed by atoms with Crippen LogP contribution in [0.2, 0.25) is 0 Å². The van der Waals surface area contributed by atoms with Crippen molar-refractivity contribution in [3.63, 3.8) is 0 Å². The number of morpholine rings is 1. The smallest absolute Gasteiger partial charge is 0.272 e. The third-order valence-electron chi connectivity index (χ3n) is 7.76. The Labute approximate surface area is 259 Å². The summed E-state index contributed by atoms with van der Waals surface area (Å²) in [6.07, 6.45) is 5.34. The molecule has 0 bridgehead atoms. The monoisotopic (exact) mass is 613 g/mol. The van der Waals surface area contributed by atoms with E-state index in [-0.39, 0.29) is 17.7 Å². The maximum Gasteiger partial charge on any atom is 0.272 e. The first-order valence-corrected chi connectivity index (χ1v) is 15.3. The van der Waals surface area contributed by atoms with Crippen molar-refractivity contribution in [2.45, 2.75) is 0 Å². The second kappa shape index (κ2) is 12.5. The summed E-state index contributed by atoms with van der Waals surface area (Å²) in [5.74, 6) is -0.838. The van der Waals surface area contributed by atoms with Crippen LogP contribution < -0.4 is 16.0 Å². The Kier molecular flexibility index (Phi) is 8.38. The lowest BCUT2D eigenvalue weighted by Gasteiger charge is -2.26. The second-order valence-electron chi connectivity index (χ2n) is 10.9. The highest BCUT2D eigenvalue weighted by Gasteiger charge is 2.19. The number of carbonyl (C=O) groups excluding carboxylic acids is 3. The summed E-state index contributed by atoms with van der Waals surface area (Å²) in [7, 11) is 5.34. The van der Waals surface area contributed by atoms with E-state index < -0.39 is 0 Å². The molecule has 228 valence electrons. The van der Waals surface area contributed by atoms with Gasteiger partial charge >= 0.3 is 0 Å². The van der Waals surface area contributed by atoms with Gasteiger partial charge in [0.05, 0.1) is 24.6 Å². The highest BCUT2D eigenvalue weighted by Crippen LogP contribution is 2.34. The predicted molar refractivity (Wildman–Crippen MR) is 173 cm³/mol. The van der Waals surface area contributed by atoms with E-state index in [4.69, 9.17) is 4.74 Å². The zero-order valence-corrected chi connectivity index (χ0v) is 25.7. The summed E-state index contributed by atoms with van der Waals surface area (Å²) in [4.78, 5) is 42.5. The Morgan fingerprint density at radius 1 is 0.773 bits per heavy atom. The lowest BCUT2D eigenvalue weighted by atomic mass is 10.2. The molecule has 4 aromatic heterocycles. The van der Waals surface area contributed by atoms with Gasteiger partial charge in [0, 0.05) is 81.1 Å². The molecule has 0 unspecified atom stereocenters. The molecular weight excluding hydrogens is 578 g/mol. The van der Waals surface area contributed by atoms with Gasteiger partial charge in [-0.05, 0) is 35.7 Å². The second-order valence-corrected chi connectivity index (χ2v) is 12.0. The molecule has 0 saturated carbocycles. The molecule has 0 radical (unpaired) electrons. The van der Waals surface area contributed by atoms with Crippen LogP contribution in [0.4, 0.5) is 11.4 Å². The van der Waals surface area contributed by atoms with Gasteiger partial charge in [-0.25, -0.2) is 0 Å². The van der Waals surface area contributed by atoms with E-state index in [1.165, 1.54) is 10.1 Å². The van der Waals surface area contributed by atoms with Crippen LogP contribution in [-0.4, -0.2) is 75.7 Å². The quantitative estimate of drug-likeness (QED) is 0.231. The van der Waals surface area contributed by atoms with E-state index >= 15 is 0 Å². The van der Waals surface area contributed by atoms with Crippen molar-refractivity contribution in [3.8, 4) is 10.4 Å². The largest absolute Gasteiger partial charge is 0.379 e. The van der Waals surface area contributed by atoms with E-state index in [1.807, 2.05) is 31.4 Å². The summed E-state index contributed by atoms with van der Waals surface area (Å²) in [6.45, 7) is 4.44. The van der Waals surface area contributed by atoms with Crippen molar-refractivity contribution in [1.29, 1.82) is 0 Å². The number of carbonyl (C=O) groups is 3. The number of nitrogens with one attached hydrogen (secondary N) is 3. The number of ether oxygens (including phenoxy) is 1. The molecule has 1 saturated heterocycles. The lowest BCUT2D eigenvalue weighted by molar-refractivity contribution is 0.0383. The lowest BCUT2D eigenvalue weighted by Crippen LogP contribution is -2.41. The number of amides is 3. The maximum absolute atomic E-state index is 13.2. The van der Waals surface area contributed by atoms with Gasteiger partial charge in [0.2, 0.25) is 0 Å².